The summed E-state index contributed by atoms with van der Waals surface area (Å²) in [5, 5.41) is 25.1. The lowest BCUT2D eigenvalue weighted by atomic mass is 9.97. The van der Waals surface area contributed by atoms with E-state index in [9.17, 15) is 20.0 Å². The van der Waals surface area contributed by atoms with Crippen LogP contribution in [0.4, 0.5) is 0 Å². The maximum Gasteiger partial charge on any atom is 0.210 e. The normalized spacial score (nSPS) is 13.4. The van der Waals surface area contributed by atoms with Crippen LogP contribution in [0.1, 0.15) is 44.7 Å². The zero-order valence-corrected chi connectivity index (χ0v) is 19.5. The van der Waals surface area contributed by atoms with Gasteiger partial charge in [-0.05, 0) is 69.0 Å². The predicted octanol–water partition coefficient (Wildman–Crippen LogP) is 3.19. The molecule has 8 heteroatoms. The Morgan fingerprint density at radius 3 is 1.48 bits per heavy atom. The number of Topliss-reactive ketones (excluding diaryl/α,β-unsaturated/α-hetero) is 2. The molecule has 0 bridgehead atoms. The molecule has 0 unspecified atom stereocenters. The number of hydrogen-bond acceptors (Lipinski definition) is 8. The lowest BCUT2D eigenvalue weighted by Gasteiger charge is -2.10. The molecule has 0 saturated heterocycles. The van der Waals surface area contributed by atoms with Crippen molar-refractivity contribution in [1.82, 2.24) is 9.80 Å². The minimum atomic E-state index is -0.293. The summed E-state index contributed by atoms with van der Waals surface area (Å²) in [5.74, 6) is -0.586. The van der Waals surface area contributed by atoms with Crippen molar-refractivity contribution >= 4 is 23.0 Å². The molecule has 2 N–H and O–H groups in total. The minimum Gasteiger partial charge on any atom is -0.411 e. The van der Waals surface area contributed by atoms with E-state index >= 15 is 0 Å². The van der Waals surface area contributed by atoms with E-state index in [1.54, 1.807) is 12.1 Å². The smallest absolute Gasteiger partial charge is 0.210 e. The third-order valence-electron chi connectivity index (χ3n) is 5.76. The van der Waals surface area contributed by atoms with Gasteiger partial charge >= 0.3 is 0 Å². The number of fused-ring (bicyclic) bond motifs is 3. The van der Waals surface area contributed by atoms with Crippen LogP contribution < -0.4 is 0 Å². The van der Waals surface area contributed by atoms with Crippen molar-refractivity contribution in [3.05, 3.63) is 58.7 Å². The number of carbonyl (C=O) groups is 2. The molecule has 0 spiro atoms. The molecule has 1 aliphatic carbocycles. The van der Waals surface area contributed by atoms with Crippen LogP contribution in [0, 0.1) is 0 Å². The van der Waals surface area contributed by atoms with Crippen LogP contribution in [0.2, 0.25) is 0 Å². The third kappa shape index (κ3) is 5.53. The van der Waals surface area contributed by atoms with Gasteiger partial charge in [0.05, 0.1) is 0 Å². The molecule has 0 amide bonds. The second kappa shape index (κ2) is 10.5. The second-order valence-electron chi connectivity index (χ2n) is 8.78. The van der Waals surface area contributed by atoms with Gasteiger partial charge in [0.15, 0.2) is 0 Å². The van der Waals surface area contributed by atoms with E-state index in [1.165, 1.54) is 0 Å². The van der Waals surface area contributed by atoms with Crippen molar-refractivity contribution in [2.24, 2.45) is 10.3 Å². The fraction of sp³-hybridized carbons (Fsp3) is 0.360. The molecule has 8 nitrogen and oxygen atoms in total. The molecule has 174 valence electrons. The molecular formula is C25H30N4O4. The van der Waals surface area contributed by atoms with E-state index in [2.05, 4.69) is 10.3 Å². The molecule has 0 saturated carbocycles. The highest BCUT2D eigenvalue weighted by atomic mass is 16.4. The number of carbonyl (C=O) groups excluding carboxylic acids is 2. The molecule has 0 atom stereocenters. The van der Waals surface area contributed by atoms with Gasteiger partial charge in [0.2, 0.25) is 11.6 Å². The largest absolute Gasteiger partial charge is 0.411 e. The summed E-state index contributed by atoms with van der Waals surface area (Å²) in [4.78, 5) is 29.5. The molecule has 0 fully saturated rings. The molecule has 0 aliphatic heterocycles. The van der Waals surface area contributed by atoms with E-state index in [0.717, 1.165) is 22.3 Å². The lowest BCUT2D eigenvalue weighted by Crippen LogP contribution is -2.22. The highest BCUT2D eigenvalue weighted by molar-refractivity contribution is 6.46. The van der Waals surface area contributed by atoms with Crippen molar-refractivity contribution in [1.29, 1.82) is 0 Å². The quantitative estimate of drug-likeness (QED) is 0.213. The molecule has 0 heterocycles. The molecule has 0 aromatic heterocycles. The number of benzene rings is 2. The maximum absolute atomic E-state index is 12.8. The highest BCUT2D eigenvalue weighted by Crippen LogP contribution is 2.37. The maximum atomic E-state index is 12.8. The van der Waals surface area contributed by atoms with Gasteiger partial charge in [-0.15, -0.1) is 0 Å². The van der Waals surface area contributed by atoms with Crippen LogP contribution in [0.15, 0.2) is 46.7 Å². The summed E-state index contributed by atoms with van der Waals surface area (Å²) in [5.41, 5.74) is 5.19. The van der Waals surface area contributed by atoms with E-state index in [4.69, 9.17) is 0 Å². The molecule has 2 aromatic carbocycles. The number of ketones is 2. The monoisotopic (exact) mass is 450 g/mol. The summed E-state index contributed by atoms with van der Waals surface area (Å²) in [6.07, 6.45) is 1.29. The average molecular weight is 451 g/mol. The molecule has 33 heavy (non-hydrogen) atoms. The van der Waals surface area contributed by atoms with Crippen molar-refractivity contribution in [2.45, 2.75) is 19.3 Å². The topological polar surface area (TPSA) is 106 Å². The summed E-state index contributed by atoms with van der Waals surface area (Å²) in [6.45, 7) is 1.21. The predicted molar refractivity (Wildman–Crippen MR) is 128 cm³/mol. The third-order valence-corrected chi connectivity index (χ3v) is 5.76. The Morgan fingerprint density at radius 1 is 0.758 bits per heavy atom. The molecule has 3 rings (SSSR count). The van der Waals surface area contributed by atoms with Gasteiger partial charge in [-0.3, -0.25) is 9.59 Å². The first-order chi connectivity index (χ1) is 15.7. The Morgan fingerprint density at radius 2 is 1.15 bits per heavy atom. The van der Waals surface area contributed by atoms with Gasteiger partial charge in [0, 0.05) is 37.1 Å². The van der Waals surface area contributed by atoms with Crippen molar-refractivity contribution in [3.63, 3.8) is 0 Å². The Hall–Kier alpha value is -3.36. The first kappa shape index (κ1) is 24.3. The highest BCUT2D eigenvalue weighted by Gasteiger charge is 2.24. The summed E-state index contributed by atoms with van der Waals surface area (Å²) >= 11 is 0. The van der Waals surface area contributed by atoms with Gasteiger partial charge in [-0.2, -0.15) is 0 Å². The summed E-state index contributed by atoms with van der Waals surface area (Å²) in [6, 6.07) is 10.9. The van der Waals surface area contributed by atoms with Gasteiger partial charge in [-0.25, -0.2) is 0 Å². The fourth-order valence-corrected chi connectivity index (χ4v) is 3.90. The van der Waals surface area contributed by atoms with Gasteiger partial charge in [0.25, 0.3) is 0 Å². The lowest BCUT2D eigenvalue weighted by molar-refractivity contribution is 0.105. The first-order valence-electron chi connectivity index (χ1n) is 10.8. The Kier molecular flexibility index (Phi) is 7.73. The van der Waals surface area contributed by atoms with E-state index in [0.29, 0.717) is 43.5 Å². The van der Waals surface area contributed by atoms with Gasteiger partial charge < -0.3 is 20.2 Å². The van der Waals surface area contributed by atoms with Crippen LogP contribution in [-0.2, 0) is 6.42 Å². The number of rotatable bonds is 10. The van der Waals surface area contributed by atoms with Gasteiger partial charge in [-0.1, -0.05) is 34.6 Å². The fourth-order valence-electron chi connectivity index (χ4n) is 3.90. The molecular weight excluding hydrogens is 420 g/mol. The summed E-state index contributed by atoms with van der Waals surface area (Å²) < 4.78 is 0. The van der Waals surface area contributed by atoms with E-state index < -0.39 is 0 Å². The van der Waals surface area contributed by atoms with Crippen LogP contribution in [0.5, 0.6) is 0 Å². The first-order valence-corrected chi connectivity index (χ1v) is 10.8. The molecule has 0 radical (unpaired) electrons. The van der Waals surface area contributed by atoms with Crippen LogP contribution in [0.25, 0.3) is 11.1 Å². The number of hydrogen-bond donors (Lipinski definition) is 2. The zero-order valence-electron chi connectivity index (χ0n) is 19.5. The van der Waals surface area contributed by atoms with Crippen LogP contribution in [0.3, 0.4) is 0 Å². The standard InChI is InChI=1S/C25H30N4O4/c1-28(2)11-9-22(26-32)24(30)16-5-7-20-18(13-16)15-19-14-17(6-8-21(19)20)25(31)23(27-33)10-12-29(3)4/h5-8,13-14,32-33H,9-12,15H2,1-4H3/b26-22-,27-23-. The van der Waals surface area contributed by atoms with Crippen LogP contribution >= 0.6 is 0 Å². The van der Waals surface area contributed by atoms with Crippen LogP contribution in [-0.4, -0.2) is 84.5 Å². The SMILES string of the molecule is CN(C)CC/C(=N/O)C(=O)c1ccc2c(c1)Cc1cc(C(=O)/C(CCN(C)C)=N\O)ccc1-2. The summed E-state index contributed by atoms with van der Waals surface area (Å²) in [7, 11) is 7.57. The minimum absolute atomic E-state index is 0.126. The van der Waals surface area contributed by atoms with Crippen molar-refractivity contribution < 1.29 is 20.0 Å². The Labute approximate surface area is 193 Å². The van der Waals surface area contributed by atoms with Crippen molar-refractivity contribution in [2.75, 3.05) is 41.3 Å². The molecule has 2 aromatic rings. The number of nitrogens with zero attached hydrogens (tertiary/aromatic N) is 4. The number of oxime groups is 2. The van der Waals surface area contributed by atoms with Crippen molar-refractivity contribution in [3.8, 4) is 11.1 Å². The Bertz CT molecular complexity index is 1030. The Balaban J connectivity index is 1.81. The average Bonchev–Trinajstić information content (AvgIpc) is 3.16. The van der Waals surface area contributed by atoms with Gasteiger partial charge in [0.1, 0.15) is 11.4 Å². The second-order valence-corrected chi connectivity index (χ2v) is 8.78. The van der Waals surface area contributed by atoms with E-state index in [1.807, 2.05) is 62.3 Å². The van der Waals surface area contributed by atoms with E-state index in [-0.39, 0.29) is 23.0 Å². The molecule has 1 aliphatic rings. The zero-order chi connectivity index (χ0) is 24.1.